The van der Waals surface area contributed by atoms with Gasteiger partial charge in [-0.25, -0.2) is 8.42 Å². The van der Waals surface area contributed by atoms with Gasteiger partial charge in [0, 0.05) is 13.5 Å². The number of aliphatic carboxylic acids is 1. The second-order valence-corrected chi connectivity index (χ2v) is 6.61. The minimum absolute atomic E-state index is 0.0132. The van der Waals surface area contributed by atoms with Crippen LogP contribution in [0.4, 0.5) is 0 Å². The molecule has 1 aromatic rings. The van der Waals surface area contributed by atoms with E-state index in [0.717, 1.165) is 5.56 Å². The highest BCUT2D eigenvalue weighted by molar-refractivity contribution is 7.92. The zero-order chi connectivity index (χ0) is 15.3. The third-order valence-corrected chi connectivity index (χ3v) is 5.03. The molecule has 0 spiro atoms. The van der Waals surface area contributed by atoms with Crippen molar-refractivity contribution in [2.45, 2.75) is 29.9 Å². The van der Waals surface area contributed by atoms with E-state index < -0.39 is 27.0 Å². The van der Waals surface area contributed by atoms with Crippen LogP contribution in [0.25, 0.3) is 0 Å². The van der Waals surface area contributed by atoms with Gasteiger partial charge in [-0.2, -0.15) is 0 Å². The SMILES string of the molecule is CNC(=O)C(C)S(=O)(=O)c1ccc(CCC(=O)O)cc1. The lowest BCUT2D eigenvalue weighted by Gasteiger charge is -2.11. The number of aryl methyl sites for hydroxylation is 1. The molecule has 0 aliphatic carbocycles. The summed E-state index contributed by atoms with van der Waals surface area (Å²) in [4.78, 5) is 21.9. The Labute approximate surface area is 117 Å². The average molecular weight is 299 g/mol. The molecule has 1 rings (SSSR count). The van der Waals surface area contributed by atoms with Crippen molar-refractivity contribution in [1.82, 2.24) is 5.32 Å². The standard InChI is InChI=1S/C13H17NO5S/c1-9(13(17)14-2)20(18,19)11-6-3-10(4-7-11)5-8-12(15)16/h3-4,6-7,9H,5,8H2,1-2H3,(H,14,17)(H,15,16). The predicted molar refractivity (Wildman–Crippen MR) is 73.1 cm³/mol. The monoisotopic (exact) mass is 299 g/mol. The normalized spacial score (nSPS) is 12.7. The van der Waals surface area contributed by atoms with E-state index in [1.807, 2.05) is 0 Å². The number of nitrogens with one attached hydrogen (secondary N) is 1. The van der Waals surface area contributed by atoms with E-state index in [2.05, 4.69) is 5.32 Å². The van der Waals surface area contributed by atoms with Crippen molar-refractivity contribution in [3.8, 4) is 0 Å². The minimum Gasteiger partial charge on any atom is -0.481 e. The van der Waals surface area contributed by atoms with E-state index >= 15 is 0 Å². The van der Waals surface area contributed by atoms with Crippen LogP contribution in [0.2, 0.25) is 0 Å². The van der Waals surface area contributed by atoms with Crippen LogP contribution in [0.5, 0.6) is 0 Å². The van der Waals surface area contributed by atoms with Gasteiger partial charge in [-0.15, -0.1) is 0 Å². The Kier molecular flexibility index (Phi) is 5.26. The molecular formula is C13H17NO5S. The van der Waals surface area contributed by atoms with Gasteiger partial charge in [0.15, 0.2) is 9.84 Å². The van der Waals surface area contributed by atoms with Crippen molar-refractivity contribution >= 4 is 21.7 Å². The lowest BCUT2D eigenvalue weighted by Crippen LogP contribution is -2.35. The first-order chi connectivity index (χ1) is 9.28. The highest BCUT2D eigenvalue weighted by atomic mass is 32.2. The molecule has 0 fully saturated rings. The molecule has 0 saturated heterocycles. The highest BCUT2D eigenvalue weighted by Crippen LogP contribution is 2.17. The first kappa shape index (κ1) is 16.2. The summed E-state index contributed by atoms with van der Waals surface area (Å²) < 4.78 is 24.3. The molecule has 0 aliphatic rings. The molecule has 1 aromatic carbocycles. The molecule has 0 bridgehead atoms. The van der Waals surface area contributed by atoms with Gasteiger partial charge in [0.1, 0.15) is 5.25 Å². The molecule has 1 atom stereocenters. The van der Waals surface area contributed by atoms with Gasteiger partial charge in [-0.3, -0.25) is 9.59 Å². The summed E-state index contributed by atoms with van der Waals surface area (Å²) in [6.07, 6.45) is 0.321. The molecule has 20 heavy (non-hydrogen) atoms. The summed E-state index contributed by atoms with van der Waals surface area (Å²) in [7, 11) is -2.35. The van der Waals surface area contributed by atoms with Gasteiger partial charge in [0.2, 0.25) is 5.91 Å². The number of amides is 1. The first-order valence-corrected chi connectivity index (χ1v) is 7.60. The number of carbonyl (C=O) groups is 2. The maximum atomic E-state index is 12.2. The molecule has 6 nitrogen and oxygen atoms in total. The van der Waals surface area contributed by atoms with Crippen molar-refractivity contribution in [3.05, 3.63) is 29.8 Å². The molecule has 0 radical (unpaired) electrons. The van der Waals surface area contributed by atoms with Crippen molar-refractivity contribution in [1.29, 1.82) is 0 Å². The Morgan fingerprint density at radius 1 is 1.25 bits per heavy atom. The molecule has 110 valence electrons. The van der Waals surface area contributed by atoms with Crippen molar-refractivity contribution < 1.29 is 23.1 Å². The maximum Gasteiger partial charge on any atom is 0.303 e. The Bertz CT molecular complexity index is 592. The van der Waals surface area contributed by atoms with Crippen LogP contribution in [-0.2, 0) is 25.8 Å². The van der Waals surface area contributed by atoms with E-state index in [0.29, 0.717) is 6.42 Å². The van der Waals surface area contributed by atoms with Crippen LogP contribution in [-0.4, -0.2) is 37.7 Å². The molecule has 7 heteroatoms. The predicted octanol–water partition coefficient (Wildman–Crippen LogP) is 0.612. The number of carboxylic acid groups (broad SMARTS) is 1. The van der Waals surface area contributed by atoms with Crippen molar-refractivity contribution in [2.24, 2.45) is 0 Å². The second-order valence-electron chi connectivity index (χ2n) is 4.34. The fraction of sp³-hybridized carbons (Fsp3) is 0.385. The van der Waals surface area contributed by atoms with Crippen LogP contribution >= 0.6 is 0 Å². The van der Waals surface area contributed by atoms with Gasteiger partial charge < -0.3 is 10.4 Å². The first-order valence-electron chi connectivity index (χ1n) is 6.05. The Morgan fingerprint density at radius 2 is 1.80 bits per heavy atom. The zero-order valence-corrected chi connectivity index (χ0v) is 12.1. The fourth-order valence-electron chi connectivity index (χ4n) is 1.65. The van der Waals surface area contributed by atoms with Crippen LogP contribution < -0.4 is 5.32 Å². The van der Waals surface area contributed by atoms with Crippen LogP contribution in [0, 0.1) is 0 Å². The third-order valence-electron chi connectivity index (χ3n) is 2.96. The average Bonchev–Trinajstić information content (AvgIpc) is 2.43. The lowest BCUT2D eigenvalue weighted by atomic mass is 10.1. The second kappa shape index (κ2) is 6.51. The van der Waals surface area contributed by atoms with E-state index in [1.165, 1.54) is 26.1 Å². The molecule has 0 aromatic heterocycles. The summed E-state index contributed by atoms with van der Waals surface area (Å²) in [6.45, 7) is 1.33. The van der Waals surface area contributed by atoms with Gasteiger partial charge in [-0.1, -0.05) is 12.1 Å². The third kappa shape index (κ3) is 3.80. The number of benzene rings is 1. The summed E-state index contributed by atoms with van der Waals surface area (Å²) in [5.41, 5.74) is 0.735. The molecule has 2 N–H and O–H groups in total. The summed E-state index contributed by atoms with van der Waals surface area (Å²) in [5.74, 6) is -1.48. The molecular weight excluding hydrogens is 282 g/mol. The number of hydrogen-bond acceptors (Lipinski definition) is 4. The van der Waals surface area contributed by atoms with Crippen LogP contribution in [0.3, 0.4) is 0 Å². The topological polar surface area (TPSA) is 101 Å². The smallest absolute Gasteiger partial charge is 0.303 e. The Balaban J connectivity index is 2.92. The lowest BCUT2D eigenvalue weighted by molar-refractivity contribution is -0.137. The summed E-state index contributed by atoms with van der Waals surface area (Å²) in [6, 6.07) is 5.91. The fourth-order valence-corrected chi connectivity index (χ4v) is 2.97. The van der Waals surface area contributed by atoms with Crippen LogP contribution in [0.1, 0.15) is 18.9 Å². The van der Waals surface area contributed by atoms with Crippen molar-refractivity contribution in [2.75, 3.05) is 7.05 Å². The van der Waals surface area contributed by atoms with E-state index in [9.17, 15) is 18.0 Å². The van der Waals surface area contributed by atoms with Crippen molar-refractivity contribution in [3.63, 3.8) is 0 Å². The van der Waals surface area contributed by atoms with Gasteiger partial charge in [0.25, 0.3) is 0 Å². The summed E-state index contributed by atoms with van der Waals surface area (Å²) >= 11 is 0. The molecule has 1 amide bonds. The minimum atomic E-state index is -3.73. The number of rotatable bonds is 6. The molecule has 0 saturated carbocycles. The van der Waals surface area contributed by atoms with E-state index in [4.69, 9.17) is 5.11 Å². The van der Waals surface area contributed by atoms with Gasteiger partial charge in [0.05, 0.1) is 4.90 Å². The van der Waals surface area contributed by atoms with E-state index in [1.54, 1.807) is 12.1 Å². The van der Waals surface area contributed by atoms with E-state index in [-0.39, 0.29) is 11.3 Å². The quantitative estimate of drug-likeness (QED) is 0.801. The molecule has 1 unspecified atom stereocenters. The number of sulfone groups is 1. The largest absolute Gasteiger partial charge is 0.481 e. The molecule has 0 aliphatic heterocycles. The van der Waals surface area contributed by atoms with Gasteiger partial charge >= 0.3 is 5.97 Å². The number of carboxylic acids is 1. The number of carbonyl (C=O) groups excluding carboxylic acids is 1. The zero-order valence-electron chi connectivity index (χ0n) is 11.3. The highest BCUT2D eigenvalue weighted by Gasteiger charge is 2.28. The maximum absolute atomic E-state index is 12.2. The Morgan fingerprint density at radius 3 is 2.25 bits per heavy atom. The number of hydrogen-bond donors (Lipinski definition) is 2. The Hall–Kier alpha value is -1.89. The van der Waals surface area contributed by atoms with Gasteiger partial charge in [-0.05, 0) is 31.0 Å². The molecule has 0 heterocycles. The summed E-state index contributed by atoms with van der Waals surface area (Å²) in [5, 5.41) is 9.71. The van der Waals surface area contributed by atoms with Crippen LogP contribution in [0.15, 0.2) is 29.2 Å².